The molecule has 0 bridgehead atoms. The number of nitro groups is 1. The van der Waals surface area contributed by atoms with E-state index in [1.165, 1.54) is 12.3 Å². The molecule has 7 nitrogen and oxygen atoms in total. The number of hydrogen-bond donors (Lipinski definition) is 1. The summed E-state index contributed by atoms with van der Waals surface area (Å²) in [7, 11) is 0. The maximum atomic E-state index is 12.7. The fraction of sp³-hybridized carbons (Fsp3) is 0.571. The highest BCUT2D eigenvalue weighted by Gasteiger charge is 2.31. The van der Waals surface area contributed by atoms with Crippen LogP contribution in [0.1, 0.15) is 42.2 Å². The van der Waals surface area contributed by atoms with E-state index in [-0.39, 0.29) is 41.6 Å². The molecule has 8 heteroatoms. The molecule has 0 aromatic carbocycles. The highest BCUT2D eigenvalue weighted by molar-refractivity contribution is 5.96. The molecule has 122 valence electrons. The summed E-state index contributed by atoms with van der Waals surface area (Å²) in [5.74, 6) is -0.217. The molecule has 2 atom stereocenters. The second kappa shape index (κ2) is 7.51. The van der Waals surface area contributed by atoms with Crippen molar-refractivity contribution < 1.29 is 9.72 Å². The van der Waals surface area contributed by atoms with Gasteiger partial charge in [0.2, 0.25) is 0 Å². The Morgan fingerprint density at radius 1 is 1.55 bits per heavy atom. The summed E-state index contributed by atoms with van der Waals surface area (Å²) in [6.07, 6.45) is 4.01. The molecule has 2 heterocycles. The van der Waals surface area contributed by atoms with Crippen molar-refractivity contribution in [3.63, 3.8) is 0 Å². The van der Waals surface area contributed by atoms with Gasteiger partial charge in [0.05, 0.1) is 16.2 Å². The molecule has 0 spiro atoms. The predicted octanol–water partition coefficient (Wildman–Crippen LogP) is 2.06. The number of hydrogen-bond acceptors (Lipinski definition) is 5. The smallest absolute Gasteiger partial charge is 0.288 e. The summed E-state index contributed by atoms with van der Waals surface area (Å²) in [6.45, 7) is 4.20. The third-order valence-corrected chi connectivity index (χ3v) is 3.93. The van der Waals surface area contributed by atoms with Gasteiger partial charge in [-0.15, -0.1) is 12.4 Å². The van der Waals surface area contributed by atoms with Crippen molar-refractivity contribution >= 4 is 24.0 Å². The van der Waals surface area contributed by atoms with Crippen molar-refractivity contribution in [2.24, 2.45) is 5.73 Å². The van der Waals surface area contributed by atoms with Crippen molar-refractivity contribution in [2.75, 3.05) is 6.54 Å². The number of carbonyl (C=O) groups is 1. The molecule has 1 aromatic heterocycles. The van der Waals surface area contributed by atoms with Gasteiger partial charge in [-0.25, -0.2) is 0 Å². The normalized spacial score (nSPS) is 19.2. The maximum Gasteiger partial charge on any atom is 0.288 e. The van der Waals surface area contributed by atoms with Crippen LogP contribution in [0.4, 0.5) is 5.69 Å². The average molecular weight is 329 g/mol. The molecule has 0 saturated carbocycles. The lowest BCUT2D eigenvalue weighted by Gasteiger charge is -2.38. The topological polar surface area (TPSA) is 102 Å². The van der Waals surface area contributed by atoms with Gasteiger partial charge < -0.3 is 10.6 Å². The summed E-state index contributed by atoms with van der Waals surface area (Å²) in [5, 5.41) is 10.9. The van der Waals surface area contributed by atoms with Crippen LogP contribution in [0, 0.1) is 17.0 Å². The molecule has 22 heavy (non-hydrogen) atoms. The maximum absolute atomic E-state index is 12.7. The predicted molar refractivity (Wildman–Crippen MR) is 85.2 cm³/mol. The molecule has 1 saturated heterocycles. The lowest BCUT2D eigenvalue weighted by Crippen LogP contribution is -2.51. The van der Waals surface area contributed by atoms with Gasteiger partial charge in [-0.05, 0) is 33.1 Å². The molecule has 1 aromatic rings. The number of nitrogens with two attached hydrogens (primary N) is 1. The van der Waals surface area contributed by atoms with Gasteiger partial charge >= 0.3 is 0 Å². The third-order valence-electron chi connectivity index (χ3n) is 3.93. The molecule has 1 fully saturated rings. The van der Waals surface area contributed by atoms with Crippen molar-refractivity contribution in [2.45, 2.75) is 45.2 Å². The van der Waals surface area contributed by atoms with Crippen LogP contribution in [0.5, 0.6) is 0 Å². The third kappa shape index (κ3) is 3.72. The van der Waals surface area contributed by atoms with E-state index in [9.17, 15) is 14.9 Å². The van der Waals surface area contributed by atoms with Crippen LogP contribution in [0.3, 0.4) is 0 Å². The van der Waals surface area contributed by atoms with Crippen LogP contribution in [-0.4, -0.2) is 39.3 Å². The minimum atomic E-state index is -0.539. The van der Waals surface area contributed by atoms with Gasteiger partial charge in [-0.3, -0.25) is 19.9 Å². The zero-order chi connectivity index (χ0) is 15.6. The molecule has 1 amide bonds. The van der Waals surface area contributed by atoms with Crippen molar-refractivity contribution in [3.8, 4) is 0 Å². The number of carbonyl (C=O) groups excluding carboxylic acids is 1. The first-order chi connectivity index (χ1) is 9.91. The molecule has 0 aliphatic carbocycles. The van der Waals surface area contributed by atoms with Gasteiger partial charge in [0.1, 0.15) is 6.20 Å². The molecule has 1 aliphatic heterocycles. The Morgan fingerprint density at radius 3 is 2.82 bits per heavy atom. The Morgan fingerprint density at radius 2 is 2.23 bits per heavy atom. The molecule has 0 radical (unpaired) electrons. The van der Waals surface area contributed by atoms with Crippen LogP contribution in [0.2, 0.25) is 0 Å². The van der Waals surface area contributed by atoms with Crippen LogP contribution < -0.4 is 5.73 Å². The fourth-order valence-electron chi connectivity index (χ4n) is 2.75. The van der Waals surface area contributed by atoms with Crippen LogP contribution in [-0.2, 0) is 0 Å². The number of pyridine rings is 1. The van der Waals surface area contributed by atoms with E-state index in [1.54, 1.807) is 11.8 Å². The summed E-state index contributed by atoms with van der Waals surface area (Å²) >= 11 is 0. The SMILES string of the molecule is Cc1ncc([N+](=O)[O-])cc1C(=O)N1CCCCC1C(C)N.Cl. The molecular weight excluding hydrogens is 308 g/mol. The number of likely N-dealkylation sites (tertiary alicyclic amines) is 1. The lowest BCUT2D eigenvalue weighted by molar-refractivity contribution is -0.385. The van der Waals surface area contributed by atoms with Gasteiger partial charge in [0.25, 0.3) is 11.6 Å². The minimum Gasteiger partial charge on any atom is -0.334 e. The number of rotatable bonds is 3. The molecule has 1 aliphatic rings. The Kier molecular flexibility index (Phi) is 6.25. The van der Waals surface area contributed by atoms with Crippen molar-refractivity contribution in [3.05, 3.63) is 33.6 Å². The fourth-order valence-corrected chi connectivity index (χ4v) is 2.75. The lowest BCUT2D eigenvalue weighted by atomic mass is 9.96. The monoisotopic (exact) mass is 328 g/mol. The quantitative estimate of drug-likeness (QED) is 0.675. The summed E-state index contributed by atoms with van der Waals surface area (Å²) < 4.78 is 0. The number of halogens is 1. The number of nitrogens with zero attached hydrogens (tertiary/aromatic N) is 3. The van der Waals surface area contributed by atoms with Gasteiger partial charge in [-0.1, -0.05) is 0 Å². The summed E-state index contributed by atoms with van der Waals surface area (Å²) in [6, 6.07) is 1.16. The van der Waals surface area contributed by atoms with E-state index in [4.69, 9.17) is 5.73 Å². The number of aryl methyl sites for hydroxylation is 1. The van der Waals surface area contributed by atoms with Gasteiger partial charge in [0, 0.05) is 24.7 Å². The van der Waals surface area contributed by atoms with Gasteiger partial charge in [0.15, 0.2) is 0 Å². The zero-order valence-electron chi connectivity index (χ0n) is 12.7. The first-order valence-corrected chi connectivity index (χ1v) is 7.09. The largest absolute Gasteiger partial charge is 0.334 e. The molecule has 2 unspecified atom stereocenters. The average Bonchev–Trinajstić information content (AvgIpc) is 2.46. The van der Waals surface area contributed by atoms with Crippen LogP contribution in [0.25, 0.3) is 0 Å². The Labute approximate surface area is 135 Å². The van der Waals surface area contributed by atoms with Crippen LogP contribution >= 0.6 is 12.4 Å². The van der Waals surface area contributed by atoms with E-state index in [1.807, 2.05) is 6.92 Å². The highest BCUT2D eigenvalue weighted by Crippen LogP contribution is 2.23. The highest BCUT2D eigenvalue weighted by atomic mass is 35.5. The summed E-state index contributed by atoms with van der Waals surface area (Å²) in [5.41, 5.74) is 6.59. The van der Waals surface area contributed by atoms with Crippen molar-refractivity contribution in [1.82, 2.24) is 9.88 Å². The first-order valence-electron chi connectivity index (χ1n) is 7.09. The second-order valence-electron chi connectivity index (χ2n) is 5.50. The molecule has 2 rings (SSSR count). The minimum absolute atomic E-state index is 0. The number of piperidine rings is 1. The molecular formula is C14H21ClN4O3. The first kappa shape index (κ1) is 18.3. The Bertz CT molecular complexity index is 565. The number of aromatic nitrogens is 1. The van der Waals surface area contributed by atoms with Gasteiger partial charge in [-0.2, -0.15) is 0 Å². The zero-order valence-corrected chi connectivity index (χ0v) is 13.5. The van der Waals surface area contributed by atoms with E-state index < -0.39 is 4.92 Å². The van der Waals surface area contributed by atoms with Crippen molar-refractivity contribution in [1.29, 1.82) is 0 Å². The van der Waals surface area contributed by atoms with Crippen LogP contribution in [0.15, 0.2) is 12.3 Å². The Balaban J connectivity index is 0.00000242. The second-order valence-corrected chi connectivity index (χ2v) is 5.50. The van der Waals surface area contributed by atoms with E-state index in [0.717, 1.165) is 19.3 Å². The van der Waals surface area contributed by atoms with E-state index in [0.29, 0.717) is 12.2 Å². The summed E-state index contributed by atoms with van der Waals surface area (Å²) in [4.78, 5) is 28.7. The Hall–Kier alpha value is -1.73. The standard InChI is InChI=1S/C14H20N4O3.ClH/c1-9(15)13-5-3-4-6-17(13)14(19)12-7-11(18(20)21)8-16-10(12)2;/h7-9,13H,3-6,15H2,1-2H3;1H. The number of amides is 1. The van der Waals surface area contributed by atoms with E-state index in [2.05, 4.69) is 4.98 Å². The molecule has 2 N–H and O–H groups in total. The van der Waals surface area contributed by atoms with E-state index >= 15 is 0 Å².